The zero-order chi connectivity index (χ0) is 4.50. The average Bonchev–Trinajstić information content (AvgIpc) is 0.722. The Bertz CT molecular complexity index is 93.3. The molecule has 88 valence electrons. The van der Waals surface area contributed by atoms with Gasteiger partial charge in [0.1, 0.15) is 0 Å². The van der Waals surface area contributed by atoms with E-state index < -0.39 is 10.4 Å². The molecular formula is H14CdO11S. The van der Waals surface area contributed by atoms with E-state index in [1.807, 2.05) is 0 Å². The van der Waals surface area contributed by atoms with Gasteiger partial charge in [0, 0.05) is 10.4 Å². The van der Waals surface area contributed by atoms with Crippen molar-refractivity contribution in [1.82, 2.24) is 0 Å². The van der Waals surface area contributed by atoms with Crippen molar-refractivity contribution in [3.8, 4) is 0 Å². The Hall–Kier alpha value is 0.512. The summed E-state index contributed by atoms with van der Waals surface area (Å²) in [7, 11) is -5.17. The van der Waals surface area contributed by atoms with Crippen LogP contribution in [-0.4, -0.2) is 55.9 Å². The number of hydrogen-bond donors (Lipinski definition) is 0. The SMILES string of the molecule is O.O.O.O.O.O.O.O=S(=O)([O-])[O-].[Cd+2]. The summed E-state index contributed by atoms with van der Waals surface area (Å²) in [5.74, 6) is 0. The van der Waals surface area contributed by atoms with Crippen LogP contribution in [0.4, 0.5) is 0 Å². The van der Waals surface area contributed by atoms with E-state index in [4.69, 9.17) is 17.5 Å². The van der Waals surface area contributed by atoms with Crippen LogP contribution in [0.2, 0.25) is 0 Å². The molecule has 0 radical (unpaired) electrons. The Morgan fingerprint density at radius 1 is 0.615 bits per heavy atom. The molecular weight excluding hydrogens is 320 g/mol. The van der Waals surface area contributed by atoms with Crippen LogP contribution in [0.25, 0.3) is 0 Å². The molecule has 0 saturated carbocycles. The second kappa shape index (κ2) is 39.1. The van der Waals surface area contributed by atoms with Gasteiger partial charge in [-0.25, -0.2) is 0 Å². The first-order chi connectivity index (χ1) is 2.00. The summed E-state index contributed by atoms with van der Waals surface area (Å²) in [6.45, 7) is 0. The van der Waals surface area contributed by atoms with Gasteiger partial charge in [0.05, 0.1) is 0 Å². The topological polar surface area (TPSA) is 301 Å². The van der Waals surface area contributed by atoms with Crippen LogP contribution in [0.15, 0.2) is 0 Å². The Balaban J connectivity index is -0.00000000286. The largest absolute Gasteiger partial charge is 2.00 e. The zero-order valence-electron chi connectivity index (χ0n) is 6.25. The third-order valence-electron chi connectivity index (χ3n) is 0. The van der Waals surface area contributed by atoms with E-state index in [0.717, 1.165) is 0 Å². The molecule has 0 saturated heterocycles. The average molecular weight is 335 g/mol. The summed E-state index contributed by atoms with van der Waals surface area (Å²) in [6.07, 6.45) is 0. The molecule has 0 aromatic carbocycles. The van der Waals surface area contributed by atoms with E-state index in [1.165, 1.54) is 0 Å². The Morgan fingerprint density at radius 2 is 0.615 bits per heavy atom. The minimum Gasteiger partial charge on any atom is -0.759 e. The molecule has 0 unspecified atom stereocenters. The fourth-order valence-electron chi connectivity index (χ4n) is 0. The fraction of sp³-hybridized carbons (Fsp3) is 0. The van der Waals surface area contributed by atoms with Crippen molar-refractivity contribution in [1.29, 1.82) is 0 Å². The minimum atomic E-state index is -5.17. The summed E-state index contributed by atoms with van der Waals surface area (Å²) < 4.78 is 34.1. The molecule has 0 aromatic heterocycles. The first-order valence-electron chi connectivity index (χ1n) is 0.667. The zero-order valence-corrected chi connectivity index (χ0v) is 11.1. The van der Waals surface area contributed by atoms with E-state index in [1.54, 1.807) is 0 Å². The van der Waals surface area contributed by atoms with Crippen molar-refractivity contribution in [2.45, 2.75) is 0 Å². The third-order valence-corrected chi connectivity index (χ3v) is 0. The van der Waals surface area contributed by atoms with Gasteiger partial charge >= 0.3 is 27.3 Å². The van der Waals surface area contributed by atoms with Crippen LogP contribution >= 0.6 is 0 Å². The first kappa shape index (κ1) is 104. The van der Waals surface area contributed by atoms with E-state index in [2.05, 4.69) is 0 Å². The van der Waals surface area contributed by atoms with Gasteiger partial charge in [-0.2, -0.15) is 0 Å². The molecule has 11 nitrogen and oxygen atoms in total. The van der Waals surface area contributed by atoms with E-state index in [0.29, 0.717) is 0 Å². The van der Waals surface area contributed by atoms with Gasteiger partial charge in [-0.15, -0.1) is 0 Å². The Kier molecular flexibility index (Phi) is 313. The van der Waals surface area contributed by atoms with Gasteiger partial charge in [-0.3, -0.25) is 8.42 Å². The van der Waals surface area contributed by atoms with Gasteiger partial charge in [0.15, 0.2) is 0 Å². The predicted octanol–water partition coefficient (Wildman–Crippen LogP) is -7.11. The molecule has 13 heteroatoms. The normalized spacial score (nSPS) is 4.46. The molecule has 0 fully saturated rings. The molecule has 0 amide bonds. The maximum Gasteiger partial charge on any atom is 2.00 e. The van der Waals surface area contributed by atoms with Crippen LogP contribution in [0.1, 0.15) is 0 Å². The molecule has 0 aliphatic rings. The molecule has 0 rings (SSSR count). The van der Waals surface area contributed by atoms with E-state index in [9.17, 15) is 0 Å². The molecule has 13 heavy (non-hydrogen) atoms. The molecule has 0 bridgehead atoms. The molecule has 0 heterocycles. The quantitative estimate of drug-likeness (QED) is 0.236. The van der Waals surface area contributed by atoms with Crippen LogP contribution in [-0.2, 0) is 37.7 Å². The number of rotatable bonds is 0. The van der Waals surface area contributed by atoms with Crippen molar-refractivity contribution in [3.63, 3.8) is 0 Å². The van der Waals surface area contributed by atoms with Crippen molar-refractivity contribution < 1.29 is 83.2 Å². The van der Waals surface area contributed by atoms with Crippen LogP contribution in [0.3, 0.4) is 0 Å². The van der Waals surface area contributed by atoms with Crippen LogP contribution in [0.5, 0.6) is 0 Å². The van der Waals surface area contributed by atoms with Gasteiger partial charge in [-0.1, -0.05) is 0 Å². The minimum absolute atomic E-state index is 0. The monoisotopic (exact) mass is 336 g/mol. The van der Waals surface area contributed by atoms with Crippen molar-refractivity contribution in [3.05, 3.63) is 0 Å². The van der Waals surface area contributed by atoms with Crippen molar-refractivity contribution >= 4 is 10.4 Å². The van der Waals surface area contributed by atoms with E-state index >= 15 is 0 Å². The Morgan fingerprint density at radius 3 is 0.615 bits per heavy atom. The van der Waals surface area contributed by atoms with Crippen LogP contribution in [0, 0.1) is 0 Å². The Labute approximate surface area is 93.7 Å². The van der Waals surface area contributed by atoms with Gasteiger partial charge in [0.2, 0.25) is 0 Å². The third kappa shape index (κ3) is 5270. The number of hydrogen-bond acceptors (Lipinski definition) is 4. The predicted molar refractivity (Wildman–Crippen MR) is 35.8 cm³/mol. The molecule has 0 atom stereocenters. The molecule has 14 N–H and O–H groups in total. The smallest absolute Gasteiger partial charge is 0.759 e. The first-order valence-corrected chi connectivity index (χ1v) is 2.00. The maximum absolute atomic E-state index is 8.52. The maximum atomic E-state index is 8.52. The second-order valence-electron chi connectivity index (χ2n) is 0.408. The summed E-state index contributed by atoms with van der Waals surface area (Å²) in [5, 5.41) is 0. The van der Waals surface area contributed by atoms with Crippen molar-refractivity contribution in [2.24, 2.45) is 0 Å². The van der Waals surface area contributed by atoms with Crippen molar-refractivity contribution in [2.75, 3.05) is 0 Å². The van der Waals surface area contributed by atoms with Gasteiger partial charge < -0.3 is 47.4 Å². The van der Waals surface area contributed by atoms with E-state index in [-0.39, 0.29) is 65.6 Å². The molecule has 0 spiro atoms. The second-order valence-corrected chi connectivity index (χ2v) is 1.22. The molecule has 0 aliphatic heterocycles. The van der Waals surface area contributed by atoms with Crippen LogP contribution < -0.4 is 0 Å². The summed E-state index contributed by atoms with van der Waals surface area (Å²) in [4.78, 5) is 0. The summed E-state index contributed by atoms with van der Waals surface area (Å²) >= 11 is 0. The summed E-state index contributed by atoms with van der Waals surface area (Å²) in [6, 6.07) is 0. The van der Waals surface area contributed by atoms with Gasteiger partial charge in [-0.05, 0) is 0 Å². The molecule has 0 aromatic rings. The molecule has 0 aliphatic carbocycles. The standard InChI is InChI=1S/Cd.H2O4S.7H2O/c;1-5(2,3)4;;;;;;;/h;(H2,1,2,3,4);7*1H2/q+2;;;;;;;;/p-2. The fourth-order valence-corrected chi connectivity index (χ4v) is 0. The van der Waals surface area contributed by atoms with Gasteiger partial charge in [0.25, 0.3) is 0 Å². The summed E-state index contributed by atoms with van der Waals surface area (Å²) in [5.41, 5.74) is 0.